The van der Waals surface area contributed by atoms with Crippen molar-refractivity contribution in [2.75, 3.05) is 33.2 Å². The molecular weight excluding hydrogens is 256 g/mol. The maximum absolute atomic E-state index is 12.4. The molecule has 1 aliphatic rings. The van der Waals surface area contributed by atoms with E-state index in [-0.39, 0.29) is 11.8 Å². The average molecular weight is 276 g/mol. The fourth-order valence-electron chi connectivity index (χ4n) is 2.12. The van der Waals surface area contributed by atoms with Crippen LogP contribution in [-0.2, 0) is 11.3 Å². The standard InChI is InChI=1S/C14H20N4O2/c1-11(19)16-10-13-9-12(3-4-15-13)14(20)18-7-5-17(2)6-8-18/h3-4,9H,5-8,10H2,1-2H3,(H,16,19). The van der Waals surface area contributed by atoms with Crippen LogP contribution in [0.15, 0.2) is 18.3 Å². The molecule has 0 atom stereocenters. The third kappa shape index (κ3) is 3.77. The number of rotatable bonds is 3. The molecule has 0 radical (unpaired) electrons. The minimum atomic E-state index is -0.109. The van der Waals surface area contributed by atoms with Crippen molar-refractivity contribution in [3.8, 4) is 0 Å². The van der Waals surface area contributed by atoms with Gasteiger partial charge in [0.05, 0.1) is 12.2 Å². The highest BCUT2D eigenvalue weighted by molar-refractivity contribution is 5.94. The molecule has 2 amide bonds. The van der Waals surface area contributed by atoms with Gasteiger partial charge in [-0.25, -0.2) is 0 Å². The largest absolute Gasteiger partial charge is 0.351 e. The van der Waals surface area contributed by atoms with Gasteiger partial charge in [-0.15, -0.1) is 0 Å². The number of pyridine rings is 1. The second-order valence-electron chi connectivity index (χ2n) is 5.04. The van der Waals surface area contributed by atoms with Crippen LogP contribution in [0.25, 0.3) is 0 Å². The molecule has 1 aliphatic heterocycles. The lowest BCUT2D eigenvalue weighted by Crippen LogP contribution is -2.47. The van der Waals surface area contributed by atoms with Crippen LogP contribution in [0.2, 0.25) is 0 Å². The SMILES string of the molecule is CC(=O)NCc1cc(C(=O)N2CCN(C)CC2)ccn1. The Kier molecular flexibility index (Phi) is 4.68. The highest BCUT2D eigenvalue weighted by Gasteiger charge is 2.20. The zero-order valence-electron chi connectivity index (χ0n) is 11.9. The second kappa shape index (κ2) is 6.47. The van der Waals surface area contributed by atoms with Crippen LogP contribution in [0, 0.1) is 0 Å². The minimum Gasteiger partial charge on any atom is -0.351 e. The Morgan fingerprint density at radius 3 is 2.65 bits per heavy atom. The van der Waals surface area contributed by atoms with Gasteiger partial charge < -0.3 is 15.1 Å². The predicted molar refractivity (Wildman–Crippen MR) is 75.2 cm³/mol. The Hall–Kier alpha value is -1.95. The number of aromatic nitrogens is 1. The number of piperazine rings is 1. The molecule has 0 spiro atoms. The Bertz CT molecular complexity index is 496. The highest BCUT2D eigenvalue weighted by atomic mass is 16.2. The first-order valence-corrected chi connectivity index (χ1v) is 6.73. The lowest BCUT2D eigenvalue weighted by atomic mass is 10.2. The Balaban J connectivity index is 2.02. The van der Waals surface area contributed by atoms with Gasteiger partial charge in [-0.05, 0) is 19.2 Å². The van der Waals surface area contributed by atoms with Crippen LogP contribution < -0.4 is 5.32 Å². The molecule has 0 bridgehead atoms. The van der Waals surface area contributed by atoms with Crippen molar-refractivity contribution >= 4 is 11.8 Å². The van der Waals surface area contributed by atoms with Crippen molar-refractivity contribution in [1.82, 2.24) is 20.1 Å². The first kappa shape index (κ1) is 14.5. The Labute approximate surface area is 118 Å². The molecule has 20 heavy (non-hydrogen) atoms. The molecule has 0 aliphatic carbocycles. The summed E-state index contributed by atoms with van der Waals surface area (Å²) in [5, 5.41) is 2.68. The van der Waals surface area contributed by atoms with E-state index >= 15 is 0 Å². The molecule has 6 heteroatoms. The molecular formula is C14H20N4O2. The fraction of sp³-hybridized carbons (Fsp3) is 0.500. The molecule has 108 valence electrons. The molecule has 6 nitrogen and oxygen atoms in total. The maximum Gasteiger partial charge on any atom is 0.254 e. The first-order valence-electron chi connectivity index (χ1n) is 6.73. The van der Waals surface area contributed by atoms with E-state index in [1.165, 1.54) is 6.92 Å². The highest BCUT2D eigenvalue weighted by Crippen LogP contribution is 2.09. The maximum atomic E-state index is 12.4. The molecule has 0 unspecified atom stereocenters. The van der Waals surface area contributed by atoms with Crippen molar-refractivity contribution in [3.05, 3.63) is 29.6 Å². The molecule has 2 rings (SSSR count). The van der Waals surface area contributed by atoms with Crippen LogP contribution >= 0.6 is 0 Å². The zero-order chi connectivity index (χ0) is 14.5. The molecule has 1 saturated heterocycles. The zero-order valence-corrected chi connectivity index (χ0v) is 11.9. The summed E-state index contributed by atoms with van der Waals surface area (Å²) < 4.78 is 0. The van der Waals surface area contributed by atoms with E-state index in [0.717, 1.165) is 26.2 Å². The van der Waals surface area contributed by atoms with Crippen LogP contribution in [0.3, 0.4) is 0 Å². The lowest BCUT2D eigenvalue weighted by Gasteiger charge is -2.32. The molecule has 1 aromatic rings. The van der Waals surface area contributed by atoms with Gasteiger partial charge in [0.1, 0.15) is 0 Å². The van der Waals surface area contributed by atoms with Gasteiger partial charge in [0.25, 0.3) is 5.91 Å². The van der Waals surface area contributed by atoms with E-state index in [4.69, 9.17) is 0 Å². The number of nitrogens with one attached hydrogen (secondary N) is 1. The third-order valence-electron chi connectivity index (χ3n) is 3.37. The van der Waals surface area contributed by atoms with E-state index in [2.05, 4.69) is 22.2 Å². The number of hydrogen-bond donors (Lipinski definition) is 1. The number of nitrogens with zero attached hydrogens (tertiary/aromatic N) is 3. The van der Waals surface area contributed by atoms with E-state index in [1.807, 2.05) is 4.90 Å². The van der Waals surface area contributed by atoms with Crippen molar-refractivity contribution in [1.29, 1.82) is 0 Å². The van der Waals surface area contributed by atoms with Gasteiger partial charge in [-0.3, -0.25) is 14.6 Å². The first-order chi connectivity index (χ1) is 9.56. The van der Waals surface area contributed by atoms with Crippen molar-refractivity contribution < 1.29 is 9.59 Å². The Morgan fingerprint density at radius 1 is 1.30 bits per heavy atom. The van der Waals surface area contributed by atoms with Crippen LogP contribution in [0.1, 0.15) is 23.0 Å². The molecule has 0 aromatic carbocycles. The lowest BCUT2D eigenvalue weighted by molar-refractivity contribution is -0.119. The van der Waals surface area contributed by atoms with Gasteiger partial charge in [0.15, 0.2) is 0 Å². The average Bonchev–Trinajstić information content (AvgIpc) is 2.45. The van der Waals surface area contributed by atoms with E-state index < -0.39 is 0 Å². The predicted octanol–water partition coefficient (Wildman–Crippen LogP) is 0.105. The van der Waals surface area contributed by atoms with Gasteiger partial charge in [0.2, 0.25) is 5.91 Å². The van der Waals surface area contributed by atoms with Gasteiger partial charge in [-0.1, -0.05) is 0 Å². The van der Waals surface area contributed by atoms with Gasteiger partial charge >= 0.3 is 0 Å². The summed E-state index contributed by atoms with van der Waals surface area (Å²) in [6, 6.07) is 3.47. The summed E-state index contributed by atoms with van der Waals surface area (Å²) in [5.74, 6) is -0.0767. The van der Waals surface area contributed by atoms with Gasteiger partial charge in [0, 0.05) is 44.9 Å². The van der Waals surface area contributed by atoms with Crippen molar-refractivity contribution in [2.45, 2.75) is 13.5 Å². The number of amides is 2. The molecule has 0 saturated carbocycles. The van der Waals surface area contributed by atoms with Crippen LogP contribution in [-0.4, -0.2) is 59.8 Å². The summed E-state index contributed by atoms with van der Waals surface area (Å²) in [4.78, 5) is 31.5. The van der Waals surface area contributed by atoms with Crippen molar-refractivity contribution in [3.63, 3.8) is 0 Å². The van der Waals surface area contributed by atoms with E-state index in [9.17, 15) is 9.59 Å². The fourth-order valence-corrected chi connectivity index (χ4v) is 2.12. The number of likely N-dealkylation sites (N-methyl/N-ethyl adjacent to an activating group) is 1. The van der Waals surface area contributed by atoms with Crippen molar-refractivity contribution in [2.24, 2.45) is 0 Å². The summed E-state index contributed by atoms with van der Waals surface area (Å²) >= 11 is 0. The number of carbonyl (C=O) groups excluding carboxylic acids is 2. The van der Waals surface area contributed by atoms with Crippen LogP contribution in [0.5, 0.6) is 0 Å². The van der Waals surface area contributed by atoms with E-state index in [1.54, 1.807) is 18.3 Å². The Morgan fingerprint density at radius 2 is 2.00 bits per heavy atom. The third-order valence-corrected chi connectivity index (χ3v) is 3.37. The molecule has 1 fully saturated rings. The molecule has 2 heterocycles. The van der Waals surface area contributed by atoms with E-state index in [0.29, 0.717) is 17.8 Å². The minimum absolute atomic E-state index is 0.0320. The number of carbonyl (C=O) groups is 2. The second-order valence-corrected chi connectivity index (χ2v) is 5.04. The normalized spacial score (nSPS) is 16.0. The summed E-state index contributed by atoms with van der Waals surface area (Å²) in [6.07, 6.45) is 1.61. The summed E-state index contributed by atoms with van der Waals surface area (Å²) in [6.45, 7) is 5.10. The monoisotopic (exact) mass is 276 g/mol. The topological polar surface area (TPSA) is 65.5 Å². The summed E-state index contributed by atoms with van der Waals surface area (Å²) in [7, 11) is 2.06. The smallest absolute Gasteiger partial charge is 0.254 e. The number of hydrogen-bond acceptors (Lipinski definition) is 4. The van der Waals surface area contributed by atoms with Gasteiger partial charge in [-0.2, -0.15) is 0 Å². The molecule has 1 aromatic heterocycles. The molecule has 1 N–H and O–H groups in total. The summed E-state index contributed by atoms with van der Waals surface area (Å²) in [5.41, 5.74) is 1.32. The quantitative estimate of drug-likeness (QED) is 0.850. The van der Waals surface area contributed by atoms with Crippen LogP contribution in [0.4, 0.5) is 0 Å².